The van der Waals surface area contributed by atoms with E-state index in [9.17, 15) is 22.8 Å². The summed E-state index contributed by atoms with van der Waals surface area (Å²) in [5.74, 6) is -0.696. The molecule has 1 aromatic carbocycles. The van der Waals surface area contributed by atoms with Gasteiger partial charge in [0.2, 0.25) is 15.9 Å². The number of ether oxygens (including phenoxy) is 1. The molecule has 2 N–H and O–H groups in total. The molecular weight excluding hydrogens is 448 g/mol. The third-order valence-electron chi connectivity index (χ3n) is 5.93. The highest BCUT2D eigenvalue weighted by Crippen LogP contribution is 2.42. The fourth-order valence-electron chi connectivity index (χ4n) is 3.97. The Bertz CT molecular complexity index is 1050. The summed E-state index contributed by atoms with van der Waals surface area (Å²) in [5.41, 5.74) is -0.833. The van der Waals surface area contributed by atoms with E-state index in [1.165, 1.54) is 22.5 Å². The number of sulfonamides is 1. The third kappa shape index (κ3) is 4.98. The van der Waals surface area contributed by atoms with Gasteiger partial charge in [-0.25, -0.2) is 13.2 Å². The Kier molecular flexibility index (Phi) is 7.04. The number of urea groups is 1. The molecule has 4 amide bonds. The van der Waals surface area contributed by atoms with Gasteiger partial charge in [-0.15, -0.1) is 0 Å². The van der Waals surface area contributed by atoms with Crippen LogP contribution in [0.25, 0.3) is 0 Å². The molecule has 0 radical (unpaired) electrons. The van der Waals surface area contributed by atoms with Gasteiger partial charge in [0.15, 0.2) is 0 Å². The zero-order valence-corrected chi connectivity index (χ0v) is 20.5. The molecule has 2 fully saturated rings. The van der Waals surface area contributed by atoms with E-state index in [4.69, 9.17) is 4.74 Å². The van der Waals surface area contributed by atoms with Crippen LogP contribution in [0, 0.1) is 5.92 Å². The molecule has 1 aromatic rings. The average Bonchev–Trinajstić information content (AvgIpc) is 3.55. The lowest BCUT2D eigenvalue weighted by molar-refractivity contribution is -0.134. The topological polar surface area (TPSA) is 125 Å². The summed E-state index contributed by atoms with van der Waals surface area (Å²) in [7, 11) is -3.76. The van der Waals surface area contributed by atoms with Gasteiger partial charge in [-0.05, 0) is 57.7 Å². The minimum absolute atomic E-state index is 0.00825. The predicted molar refractivity (Wildman–Crippen MR) is 122 cm³/mol. The van der Waals surface area contributed by atoms with E-state index in [0.717, 1.165) is 17.7 Å². The Morgan fingerprint density at radius 1 is 1.27 bits per heavy atom. The van der Waals surface area contributed by atoms with Crippen LogP contribution in [0.15, 0.2) is 23.1 Å². The maximum Gasteiger partial charge on any atom is 0.325 e. The van der Waals surface area contributed by atoms with Crippen molar-refractivity contribution in [1.29, 1.82) is 0 Å². The van der Waals surface area contributed by atoms with E-state index >= 15 is 0 Å². The van der Waals surface area contributed by atoms with Crippen LogP contribution in [0.1, 0.15) is 47.5 Å². The summed E-state index contributed by atoms with van der Waals surface area (Å²) in [5, 5.41) is 5.32. The largest absolute Gasteiger partial charge is 0.489 e. The molecule has 1 saturated heterocycles. The Hall–Kier alpha value is -2.66. The highest BCUT2D eigenvalue weighted by atomic mass is 32.2. The Labute approximate surface area is 194 Å². The second kappa shape index (κ2) is 9.30. The molecule has 1 saturated carbocycles. The van der Waals surface area contributed by atoms with E-state index < -0.39 is 40.0 Å². The SMILES string of the molecule is CCN(CC)S(=O)(=O)c1ccc(OC(C)C)c(NC(=O)CN2C(=O)NC(C)(C3CC3)C2=O)c1. The standard InChI is InChI=1S/C22H32N4O6S/c1-6-25(7-2)33(30,31)16-10-11-18(32-14(3)4)17(12-16)23-19(27)13-26-20(28)22(5,15-8-9-15)24-21(26)29/h10-12,14-15H,6-9,13H2,1-5H3,(H,23,27)(H,24,29). The third-order valence-corrected chi connectivity index (χ3v) is 7.97. The molecule has 1 aliphatic carbocycles. The first-order chi connectivity index (χ1) is 15.4. The number of carbonyl (C=O) groups is 3. The lowest BCUT2D eigenvalue weighted by atomic mass is 9.96. The number of hydrogen-bond acceptors (Lipinski definition) is 6. The summed E-state index contributed by atoms with van der Waals surface area (Å²) in [6, 6.07) is 3.65. The monoisotopic (exact) mass is 480 g/mol. The van der Waals surface area contributed by atoms with Crippen molar-refractivity contribution in [3.05, 3.63) is 18.2 Å². The van der Waals surface area contributed by atoms with Crippen LogP contribution in [0.2, 0.25) is 0 Å². The quantitative estimate of drug-likeness (QED) is 0.495. The second-order valence-corrected chi connectivity index (χ2v) is 10.7. The summed E-state index contributed by atoms with van der Waals surface area (Å²) in [6.45, 7) is 8.89. The van der Waals surface area contributed by atoms with E-state index in [0.29, 0.717) is 13.1 Å². The van der Waals surface area contributed by atoms with Crippen LogP contribution in [-0.2, 0) is 19.6 Å². The lowest BCUT2D eigenvalue weighted by Gasteiger charge is -2.22. The number of anilines is 1. The molecule has 0 bridgehead atoms. The summed E-state index contributed by atoms with van der Waals surface area (Å²) >= 11 is 0. The molecule has 0 aromatic heterocycles. The zero-order chi connectivity index (χ0) is 24.6. The Balaban J connectivity index is 1.84. The van der Waals surface area contributed by atoms with E-state index in [1.807, 2.05) is 0 Å². The molecule has 10 nitrogen and oxygen atoms in total. The number of imide groups is 1. The average molecular weight is 481 g/mol. The van der Waals surface area contributed by atoms with Gasteiger partial charge >= 0.3 is 6.03 Å². The van der Waals surface area contributed by atoms with Crippen LogP contribution in [-0.4, -0.2) is 66.7 Å². The van der Waals surface area contributed by atoms with E-state index in [-0.39, 0.29) is 28.4 Å². The van der Waals surface area contributed by atoms with Crippen LogP contribution < -0.4 is 15.4 Å². The smallest absolute Gasteiger partial charge is 0.325 e. The number of nitrogens with zero attached hydrogens (tertiary/aromatic N) is 2. The first-order valence-corrected chi connectivity index (χ1v) is 12.6. The molecule has 1 aliphatic heterocycles. The Morgan fingerprint density at radius 3 is 2.45 bits per heavy atom. The van der Waals surface area contributed by atoms with Gasteiger partial charge in [0.05, 0.1) is 16.7 Å². The molecule has 1 heterocycles. The summed E-state index contributed by atoms with van der Waals surface area (Å²) < 4.78 is 32.9. The van der Waals surface area contributed by atoms with Gasteiger partial charge in [-0.3, -0.25) is 14.5 Å². The van der Waals surface area contributed by atoms with Crippen LogP contribution >= 0.6 is 0 Å². The highest BCUT2D eigenvalue weighted by molar-refractivity contribution is 7.89. The van der Waals surface area contributed by atoms with Crippen molar-refractivity contribution >= 4 is 33.6 Å². The predicted octanol–water partition coefficient (Wildman–Crippen LogP) is 2.16. The van der Waals surface area contributed by atoms with Gasteiger partial charge in [0, 0.05) is 13.1 Å². The van der Waals surface area contributed by atoms with Crippen molar-refractivity contribution < 1.29 is 27.5 Å². The molecule has 1 atom stereocenters. The van der Waals surface area contributed by atoms with Crippen molar-refractivity contribution in [2.75, 3.05) is 25.0 Å². The fraction of sp³-hybridized carbons (Fsp3) is 0.591. The zero-order valence-electron chi connectivity index (χ0n) is 19.7. The minimum atomic E-state index is -3.76. The van der Waals surface area contributed by atoms with Gasteiger partial charge in [-0.1, -0.05) is 13.8 Å². The second-order valence-electron chi connectivity index (χ2n) is 8.76. The van der Waals surface area contributed by atoms with Crippen LogP contribution in [0.3, 0.4) is 0 Å². The maximum atomic E-state index is 12.9. The summed E-state index contributed by atoms with van der Waals surface area (Å²) in [6.07, 6.45) is 1.48. The van der Waals surface area contributed by atoms with Crippen LogP contribution in [0.5, 0.6) is 5.75 Å². The van der Waals surface area contributed by atoms with Crippen molar-refractivity contribution in [3.8, 4) is 5.75 Å². The first-order valence-electron chi connectivity index (χ1n) is 11.2. The van der Waals surface area contributed by atoms with E-state index in [1.54, 1.807) is 34.6 Å². The van der Waals surface area contributed by atoms with Gasteiger partial charge in [0.25, 0.3) is 5.91 Å². The molecule has 11 heteroatoms. The molecule has 3 rings (SSSR count). The number of rotatable bonds is 10. The van der Waals surface area contributed by atoms with Gasteiger partial charge in [0.1, 0.15) is 17.8 Å². The number of hydrogen-bond donors (Lipinski definition) is 2. The maximum absolute atomic E-state index is 12.9. The number of carbonyl (C=O) groups excluding carboxylic acids is 3. The molecule has 0 spiro atoms. The molecular formula is C22H32N4O6S. The number of amides is 4. The molecule has 2 aliphatic rings. The van der Waals surface area contributed by atoms with Crippen molar-refractivity contribution in [3.63, 3.8) is 0 Å². The van der Waals surface area contributed by atoms with Crippen LogP contribution in [0.4, 0.5) is 10.5 Å². The van der Waals surface area contributed by atoms with Gasteiger partial charge in [-0.2, -0.15) is 4.31 Å². The minimum Gasteiger partial charge on any atom is -0.489 e. The van der Waals surface area contributed by atoms with Crippen molar-refractivity contribution in [2.45, 2.75) is 64.0 Å². The highest BCUT2D eigenvalue weighted by Gasteiger charge is 2.56. The molecule has 182 valence electrons. The molecule has 1 unspecified atom stereocenters. The lowest BCUT2D eigenvalue weighted by Crippen LogP contribution is -2.46. The fourth-order valence-corrected chi connectivity index (χ4v) is 5.45. The Morgan fingerprint density at radius 2 is 1.91 bits per heavy atom. The number of benzene rings is 1. The van der Waals surface area contributed by atoms with Crippen molar-refractivity contribution in [2.24, 2.45) is 5.92 Å². The van der Waals surface area contributed by atoms with E-state index in [2.05, 4.69) is 10.6 Å². The van der Waals surface area contributed by atoms with Gasteiger partial charge < -0.3 is 15.4 Å². The van der Waals surface area contributed by atoms with Crippen molar-refractivity contribution in [1.82, 2.24) is 14.5 Å². The molecule has 33 heavy (non-hydrogen) atoms. The normalized spacial score (nSPS) is 21.0. The first kappa shape index (κ1) is 25.0. The summed E-state index contributed by atoms with van der Waals surface area (Å²) in [4.78, 5) is 38.9. The number of nitrogens with one attached hydrogen (secondary N) is 2.